The summed E-state index contributed by atoms with van der Waals surface area (Å²) in [5, 5.41) is 5.51. The zero-order chi connectivity index (χ0) is 23.5. The van der Waals surface area contributed by atoms with Gasteiger partial charge in [-0.1, -0.05) is 86.9 Å². The highest BCUT2D eigenvalue weighted by atomic mass is 32.1. The third kappa shape index (κ3) is 2.54. The van der Waals surface area contributed by atoms with E-state index in [0.29, 0.717) is 0 Å². The molecule has 0 unspecified atom stereocenters. The van der Waals surface area contributed by atoms with Gasteiger partial charge in [0, 0.05) is 20.2 Å². The number of benzene rings is 5. The van der Waals surface area contributed by atoms with Crippen LogP contribution >= 0.6 is 11.3 Å². The van der Waals surface area contributed by atoms with Crippen molar-refractivity contribution >= 4 is 65.4 Å². The van der Waals surface area contributed by atoms with Gasteiger partial charge in [-0.25, -0.2) is 0 Å². The van der Waals surface area contributed by atoms with Gasteiger partial charge in [0.2, 0.25) is 0 Å². The molecule has 0 N–H and O–H groups in total. The summed E-state index contributed by atoms with van der Waals surface area (Å²) in [6.07, 6.45) is 0. The maximum atomic E-state index is 6.54. The molecule has 166 valence electrons. The van der Waals surface area contributed by atoms with Crippen LogP contribution in [0.2, 0.25) is 0 Å². The first kappa shape index (κ1) is 19.7. The third-order valence-electron chi connectivity index (χ3n) is 7.90. The SMILES string of the molecule is CC(C)(C)c1ccc2c(c1)B1c3c(cccc3-c3cc4sc5ccccc5c4c4cccc1c34)O2. The third-order valence-corrected chi connectivity index (χ3v) is 9.01. The van der Waals surface area contributed by atoms with Crippen LogP contribution in [0.25, 0.3) is 42.1 Å². The number of thiophene rings is 1. The Hall–Kier alpha value is -3.56. The molecule has 0 spiro atoms. The largest absolute Gasteiger partial charge is 0.458 e. The van der Waals surface area contributed by atoms with E-state index in [2.05, 4.69) is 106 Å². The summed E-state index contributed by atoms with van der Waals surface area (Å²) in [7, 11) is 0. The molecule has 8 rings (SSSR count). The molecule has 0 fully saturated rings. The van der Waals surface area contributed by atoms with Gasteiger partial charge in [-0.15, -0.1) is 11.3 Å². The lowest BCUT2D eigenvalue weighted by atomic mass is 9.32. The molecule has 0 atom stereocenters. The van der Waals surface area contributed by atoms with Crippen LogP contribution in [0, 0.1) is 0 Å². The maximum Gasteiger partial charge on any atom is 0.252 e. The predicted molar refractivity (Wildman–Crippen MR) is 152 cm³/mol. The van der Waals surface area contributed by atoms with E-state index in [1.807, 2.05) is 11.3 Å². The van der Waals surface area contributed by atoms with Crippen LogP contribution in [0.15, 0.2) is 84.9 Å². The van der Waals surface area contributed by atoms with Crippen molar-refractivity contribution < 1.29 is 4.74 Å². The number of ether oxygens (including phenoxy) is 1. The maximum absolute atomic E-state index is 6.54. The van der Waals surface area contributed by atoms with Gasteiger partial charge >= 0.3 is 0 Å². The molecule has 35 heavy (non-hydrogen) atoms. The Morgan fingerprint density at radius 2 is 1.49 bits per heavy atom. The second-order valence-corrected chi connectivity index (χ2v) is 12.0. The normalized spacial score (nSPS) is 13.7. The molecule has 1 nitrogen and oxygen atoms in total. The van der Waals surface area contributed by atoms with Crippen LogP contribution in [-0.2, 0) is 5.41 Å². The molecule has 0 amide bonds. The van der Waals surface area contributed by atoms with E-state index in [0.717, 1.165) is 11.5 Å². The highest BCUT2D eigenvalue weighted by molar-refractivity contribution is 7.26. The Morgan fingerprint density at radius 1 is 0.657 bits per heavy atom. The van der Waals surface area contributed by atoms with Crippen molar-refractivity contribution in [3.63, 3.8) is 0 Å². The van der Waals surface area contributed by atoms with Gasteiger partial charge in [0.1, 0.15) is 11.5 Å². The molecule has 0 radical (unpaired) electrons. The molecule has 3 heterocycles. The summed E-state index contributed by atoms with van der Waals surface area (Å²) in [4.78, 5) is 0. The fourth-order valence-electron chi connectivity index (χ4n) is 6.28. The predicted octanol–water partition coefficient (Wildman–Crippen LogP) is 7.11. The highest BCUT2D eigenvalue weighted by Gasteiger charge is 2.39. The molecule has 3 heteroatoms. The van der Waals surface area contributed by atoms with Crippen molar-refractivity contribution in [2.75, 3.05) is 0 Å². The molecule has 0 aliphatic carbocycles. The van der Waals surface area contributed by atoms with E-state index in [9.17, 15) is 0 Å². The number of rotatable bonds is 0. The monoisotopic (exact) mass is 466 g/mol. The van der Waals surface area contributed by atoms with Crippen molar-refractivity contribution in [3.05, 3.63) is 90.5 Å². The average Bonchev–Trinajstić information content (AvgIpc) is 3.24. The second kappa shape index (κ2) is 6.56. The summed E-state index contributed by atoms with van der Waals surface area (Å²) >= 11 is 1.90. The van der Waals surface area contributed by atoms with Crippen molar-refractivity contribution in [3.8, 4) is 22.6 Å². The number of hydrogen-bond donors (Lipinski definition) is 0. The van der Waals surface area contributed by atoms with E-state index in [1.54, 1.807) is 0 Å². The summed E-state index contributed by atoms with van der Waals surface area (Å²) in [6.45, 7) is 7.03. The lowest BCUT2D eigenvalue weighted by Crippen LogP contribution is -2.57. The Kier molecular flexibility index (Phi) is 3.69. The Labute approximate surface area is 209 Å². The van der Waals surface area contributed by atoms with Crippen LogP contribution < -0.4 is 21.1 Å². The van der Waals surface area contributed by atoms with Crippen molar-refractivity contribution in [1.29, 1.82) is 0 Å². The first-order valence-electron chi connectivity index (χ1n) is 12.3. The summed E-state index contributed by atoms with van der Waals surface area (Å²) in [5.41, 5.74) is 8.06. The molecule has 1 aromatic heterocycles. The number of fused-ring (bicyclic) bond motifs is 8. The molecular weight excluding hydrogens is 443 g/mol. The van der Waals surface area contributed by atoms with E-state index < -0.39 is 0 Å². The van der Waals surface area contributed by atoms with E-state index in [4.69, 9.17) is 4.74 Å². The standard InChI is InChI=1S/C32H23BOS/c1-32(2,3)18-14-15-25-24(16-18)33-23-11-6-10-21-29(23)22(19-9-7-12-26(34-25)31(19)33)17-28-30(21)20-8-4-5-13-27(20)35-28/h4-17H,1-3H3. The fourth-order valence-corrected chi connectivity index (χ4v) is 7.44. The van der Waals surface area contributed by atoms with Crippen LogP contribution in [-0.4, -0.2) is 6.71 Å². The molecule has 0 saturated heterocycles. The minimum absolute atomic E-state index is 0.0785. The van der Waals surface area contributed by atoms with Crippen molar-refractivity contribution in [2.45, 2.75) is 26.2 Å². The summed E-state index contributed by atoms with van der Waals surface area (Å²) in [5.74, 6) is 1.97. The second-order valence-electron chi connectivity index (χ2n) is 10.9. The average molecular weight is 466 g/mol. The topological polar surface area (TPSA) is 9.23 Å². The van der Waals surface area contributed by atoms with Gasteiger partial charge < -0.3 is 4.74 Å². The molecule has 2 aliphatic heterocycles. The van der Waals surface area contributed by atoms with Crippen LogP contribution in [0.3, 0.4) is 0 Å². The van der Waals surface area contributed by atoms with Gasteiger partial charge in [-0.3, -0.25) is 0 Å². The Bertz CT molecular complexity index is 1870. The molecule has 0 saturated carbocycles. The Morgan fingerprint density at radius 3 is 2.37 bits per heavy atom. The van der Waals surface area contributed by atoms with E-state index in [-0.39, 0.29) is 12.1 Å². The summed E-state index contributed by atoms with van der Waals surface area (Å²) < 4.78 is 9.25. The first-order valence-corrected chi connectivity index (χ1v) is 13.1. The first-order chi connectivity index (χ1) is 17.0. The Balaban J connectivity index is 1.55. The number of hydrogen-bond acceptors (Lipinski definition) is 2. The van der Waals surface area contributed by atoms with Gasteiger partial charge in [0.25, 0.3) is 6.71 Å². The zero-order valence-corrected chi connectivity index (χ0v) is 20.8. The van der Waals surface area contributed by atoms with Crippen LogP contribution in [0.4, 0.5) is 0 Å². The van der Waals surface area contributed by atoms with Crippen molar-refractivity contribution in [2.24, 2.45) is 0 Å². The molecule has 0 bridgehead atoms. The van der Waals surface area contributed by atoms with E-state index in [1.165, 1.54) is 64.0 Å². The minimum Gasteiger partial charge on any atom is -0.458 e. The molecule has 6 aromatic rings. The van der Waals surface area contributed by atoms with Crippen LogP contribution in [0.1, 0.15) is 26.3 Å². The lowest BCUT2D eigenvalue weighted by molar-refractivity contribution is 0.486. The van der Waals surface area contributed by atoms with Gasteiger partial charge in [-0.2, -0.15) is 0 Å². The fraction of sp³-hybridized carbons (Fsp3) is 0.125. The molecule has 2 aliphatic rings. The summed E-state index contributed by atoms with van der Waals surface area (Å²) in [6, 6.07) is 31.5. The highest BCUT2D eigenvalue weighted by Crippen LogP contribution is 2.44. The van der Waals surface area contributed by atoms with Gasteiger partial charge in [0.15, 0.2) is 0 Å². The van der Waals surface area contributed by atoms with Gasteiger partial charge in [0.05, 0.1) is 0 Å². The smallest absolute Gasteiger partial charge is 0.252 e. The molecular formula is C32H23BOS. The zero-order valence-electron chi connectivity index (χ0n) is 20.0. The molecule has 5 aromatic carbocycles. The quantitative estimate of drug-likeness (QED) is 0.217. The van der Waals surface area contributed by atoms with E-state index >= 15 is 0 Å². The van der Waals surface area contributed by atoms with Gasteiger partial charge in [-0.05, 0) is 68.1 Å². The lowest BCUT2D eigenvalue weighted by Gasteiger charge is -2.34. The van der Waals surface area contributed by atoms with Crippen molar-refractivity contribution in [1.82, 2.24) is 0 Å². The van der Waals surface area contributed by atoms with Crippen LogP contribution in [0.5, 0.6) is 11.5 Å². The minimum atomic E-state index is 0.0785.